The van der Waals surface area contributed by atoms with Gasteiger partial charge in [0.2, 0.25) is 5.95 Å². The van der Waals surface area contributed by atoms with Gasteiger partial charge in [-0.05, 0) is 89.3 Å². The number of anilines is 1. The molecule has 3 aromatic rings. The Labute approximate surface area is 248 Å². The van der Waals surface area contributed by atoms with Crippen molar-refractivity contribution < 1.29 is 32.2 Å². The monoisotopic (exact) mass is 599 g/mol. The van der Waals surface area contributed by atoms with E-state index in [9.17, 15) is 28.0 Å². The normalized spacial score (nSPS) is 16.8. The first-order valence-electron chi connectivity index (χ1n) is 14.1. The van der Waals surface area contributed by atoms with Crippen molar-refractivity contribution in [1.29, 1.82) is 5.26 Å². The van der Waals surface area contributed by atoms with E-state index in [4.69, 9.17) is 9.47 Å². The van der Waals surface area contributed by atoms with Crippen LogP contribution in [-0.4, -0.2) is 58.4 Å². The number of nitriles is 1. The highest BCUT2D eigenvalue weighted by atomic mass is 19.4. The zero-order valence-corrected chi connectivity index (χ0v) is 24.9. The Balaban J connectivity index is 1.81. The van der Waals surface area contributed by atoms with E-state index < -0.39 is 35.4 Å². The van der Waals surface area contributed by atoms with E-state index in [1.807, 2.05) is 13.0 Å². The highest BCUT2D eigenvalue weighted by Crippen LogP contribution is 2.34. The van der Waals surface area contributed by atoms with Crippen LogP contribution >= 0.6 is 0 Å². The van der Waals surface area contributed by atoms with Crippen LogP contribution in [-0.2, 0) is 22.1 Å². The molecule has 1 aliphatic heterocycles. The number of carbonyl (C=O) groups excluding carboxylic acids is 2. The number of nitrogens with one attached hydrogen (secondary N) is 1. The molecule has 2 aromatic carbocycles. The number of benzene rings is 2. The fourth-order valence-corrected chi connectivity index (χ4v) is 5.18. The summed E-state index contributed by atoms with van der Waals surface area (Å²) in [4.78, 5) is 32.6. The molecule has 0 radical (unpaired) electrons. The van der Waals surface area contributed by atoms with Crippen LogP contribution in [0.5, 0.6) is 0 Å². The van der Waals surface area contributed by atoms with Gasteiger partial charge in [0.1, 0.15) is 11.7 Å². The Morgan fingerprint density at radius 1 is 1.19 bits per heavy atom. The van der Waals surface area contributed by atoms with Crippen molar-refractivity contribution in [2.24, 2.45) is 0 Å². The van der Waals surface area contributed by atoms with Gasteiger partial charge >= 0.3 is 12.3 Å². The lowest BCUT2D eigenvalue weighted by atomic mass is 10.0. The highest BCUT2D eigenvalue weighted by molar-refractivity contribution is 6.04. The third-order valence-corrected chi connectivity index (χ3v) is 7.23. The van der Waals surface area contributed by atoms with Crippen LogP contribution in [0.1, 0.15) is 80.0 Å². The molecule has 1 aromatic heterocycles. The predicted molar refractivity (Wildman–Crippen MR) is 155 cm³/mol. The number of ether oxygens (including phenoxy) is 2. The molecular weight excluding hydrogens is 563 g/mol. The number of carbonyl (C=O) groups is 2. The van der Waals surface area contributed by atoms with Crippen molar-refractivity contribution >= 4 is 29.0 Å². The summed E-state index contributed by atoms with van der Waals surface area (Å²) in [7, 11) is 1.59. The SMILES string of the molecule is COC(C)Cc1cc(C#N)c2c(c1)nc(NC(=O)c1cccc(C(F)(F)F)c1)n2C1CCCCN(C(=O)OC(C)(C)C)C1. The number of rotatable bonds is 6. The quantitative estimate of drug-likeness (QED) is 0.337. The van der Waals surface area contributed by atoms with Crippen LogP contribution < -0.4 is 5.32 Å². The maximum Gasteiger partial charge on any atom is 0.416 e. The average Bonchev–Trinajstić information content (AvgIpc) is 3.11. The molecule has 1 N–H and O–H groups in total. The van der Waals surface area contributed by atoms with Crippen molar-refractivity contribution in [2.75, 3.05) is 25.5 Å². The third-order valence-electron chi connectivity index (χ3n) is 7.23. The molecule has 43 heavy (non-hydrogen) atoms. The Kier molecular flexibility index (Phi) is 9.35. The molecule has 1 aliphatic rings. The van der Waals surface area contributed by atoms with Crippen LogP contribution in [0.2, 0.25) is 0 Å². The van der Waals surface area contributed by atoms with E-state index in [0.29, 0.717) is 36.0 Å². The number of fused-ring (bicyclic) bond motifs is 1. The minimum Gasteiger partial charge on any atom is -0.444 e. The molecule has 0 bridgehead atoms. The van der Waals surface area contributed by atoms with Crippen molar-refractivity contribution in [1.82, 2.24) is 14.5 Å². The number of aromatic nitrogens is 2. The van der Waals surface area contributed by atoms with Crippen LogP contribution in [0.4, 0.5) is 23.9 Å². The highest BCUT2D eigenvalue weighted by Gasteiger charge is 2.33. The van der Waals surface area contributed by atoms with E-state index in [0.717, 1.165) is 30.5 Å². The van der Waals surface area contributed by atoms with E-state index >= 15 is 0 Å². The molecule has 0 spiro atoms. The number of nitrogens with zero attached hydrogens (tertiary/aromatic N) is 4. The zero-order chi connectivity index (χ0) is 31.5. The van der Waals surface area contributed by atoms with Crippen molar-refractivity contribution in [2.45, 2.75) is 77.3 Å². The summed E-state index contributed by atoms with van der Waals surface area (Å²) in [5, 5.41) is 12.9. The Morgan fingerprint density at radius 2 is 1.93 bits per heavy atom. The number of likely N-dealkylation sites (tertiary alicyclic amines) is 1. The van der Waals surface area contributed by atoms with E-state index in [1.165, 1.54) is 12.1 Å². The van der Waals surface area contributed by atoms with E-state index in [1.54, 1.807) is 43.4 Å². The molecule has 12 heteroatoms. The molecule has 2 atom stereocenters. The molecule has 4 rings (SSSR count). The predicted octanol–water partition coefficient (Wildman–Crippen LogP) is 6.72. The number of methoxy groups -OCH3 is 1. The van der Waals surface area contributed by atoms with E-state index in [-0.39, 0.29) is 24.2 Å². The number of alkyl halides is 3. The smallest absolute Gasteiger partial charge is 0.416 e. The molecule has 0 saturated carbocycles. The van der Waals surface area contributed by atoms with Gasteiger partial charge in [-0.15, -0.1) is 0 Å². The summed E-state index contributed by atoms with van der Waals surface area (Å²) in [6.07, 6.45) is -2.65. The molecule has 2 heterocycles. The van der Waals surface area contributed by atoms with Crippen molar-refractivity contribution in [3.05, 3.63) is 58.7 Å². The van der Waals surface area contributed by atoms with Gasteiger partial charge in [-0.3, -0.25) is 10.1 Å². The maximum absolute atomic E-state index is 13.4. The second-order valence-electron chi connectivity index (χ2n) is 11.8. The van der Waals surface area contributed by atoms with Crippen LogP contribution in [0.15, 0.2) is 36.4 Å². The van der Waals surface area contributed by atoms with Gasteiger partial charge in [-0.25, -0.2) is 9.78 Å². The lowest BCUT2D eigenvalue weighted by Gasteiger charge is -2.29. The fourth-order valence-electron chi connectivity index (χ4n) is 5.18. The van der Waals surface area contributed by atoms with Crippen LogP contribution in [0, 0.1) is 11.3 Å². The van der Waals surface area contributed by atoms with Gasteiger partial charge in [0, 0.05) is 25.8 Å². The van der Waals surface area contributed by atoms with Crippen LogP contribution in [0.3, 0.4) is 0 Å². The maximum atomic E-state index is 13.4. The van der Waals surface area contributed by atoms with Crippen molar-refractivity contribution in [3.8, 4) is 6.07 Å². The summed E-state index contributed by atoms with van der Waals surface area (Å²) >= 11 is 0. The topological polar surface area (TPSA) is 109 Å². The molecule has 9 nitrogen and oxygen atoms in total. The second-order valence-corrected chi connectivity index (χ2v) is 11.8. The van der Waals surface area contributed by atoms with Gasteiger partial charge in [0.15, 0.2) is 0 Å². The summed E-state index contributed by atoms with van der Waals surface area (Å²) in [6.45, 7) is 7.94. The minimum absolute atomic E-state index is 0.0712. The Morgan fingerprint density at radius 3 is 2.58 bits per heavy atom. The largest absolute Gasteiger partial charge is 0.444 e. The zero-order valence-electron chi connectivity index (χ0n) is 24.9. The number of hydrogen-bond acceptors (Lipinski definition) is 6. The van der Waals surface area contributed by atoms with Gasteiger partial charge in [0.05, 0.1) is 34.3 Å². The van der Waals surface area contributed by atoms with Gasteiger partial charge in [-0.1, -0.05) is 6.07 Å². The number of amides is 2. The summed E-state index contributed by atoms with van der Waals surface area (Å²) in [5.74, 6) is -0.714. The Hall–Kier alpha value is -4.11. The molecule has 2 amide bonds. The lowest BCUT2D eigenvalue weighted by Crippen LogP contribution is -2.39. The first kappa shape index (κ1) is 31.8. The van der Waals surface area contributed by atoms with Gasteiger partial charge in [-0.2, -0.15) is 18.4 Å². The number of hydrogen-bond donors (Lipinski definition) is 1. The van der Waals surface area contributed by atoms with E-state index in [2.05, 4.69) is 16.4 Å². The molecule has 2 unspecified atom stereocenters. The Bertz CT molecular complexity index is 1540. The molecule has 230 valence electrons. The average molecular weight is 600 g/mol. The first-order chi connectivity index (χ1) is 20.2. The van der Waals surface area contributed by atoms with Crippen molar-refractivity contribution in [3.63, 3.8) is 0 Å². The lowest BCUT2D eigenvalue weighted by molar-refractivity contribution is -0.137. The minimum atomic E-state index is -4.62. The molecule has 0 aliphatic carbocycles. The summed E-state index contributed by atoms with van der Waals surface area (Å²) in [6, 6.07) is 9.52. The van der Waals surface area contributed by atoms with Gasteiger partial charge < -0.3 is 18.9 Å². The molecule has 1 saturated heterocycles. The third kappa shape index (κ3) is 7.65. The van der Waals surface area contributed by atoms with Gasteiger partial charge in [0.25, 0.3) is 5.91 Å². The number of imidazole rings is 1. The molecule has 1 fully saturated rings. The summed E-state index contributed by atoms with van der Waals surface area (Å²) in [5.41, 5.74) is 0.172. The molecular formula is C31H36F3N5O4. The van der Waals surface area contributed by atoms with Crippen LogP contribution in [0.25, 0.3) is 11.0 Å². The second kappa shape index (κ2) is 12.6. The fraction of sp³-hybridized carbons (Fsp3) is 0.484. The number of halogens is 3. The first-order valence-corrected chi connectivity index (χ1v) is 14.1. The summed E-state index contributed by atoms with van der Waals surface area (Å²) < 4.78 is 52.8. The standard InChI is InChI=1S/C31H36F3N5O4/c1-19(42-5)13-20-14-22(17-35)26-25(15-20)36-28(37-27(40)21-9-8-10-23(16-21)31(32,33)34)39(26)24-11-6-7-12-38(18-24)29(41)43-30(2,3)4/h8-10,14-16,19,24H,6-7,11-13,18H2,1-5H3,(H,36,37,40).